The van der Waals surface area contributed by atoms with Gasteiger partial charge in [-0.3, -0.25) is 9.59 Å². The Labute approximate surface area is 183 Å². The van der Waals surface area contributed by atoms with E-state index in [0.717, 1.165) is 24.5 Å². The highest BCUT2D eigenvalue weighted by Crippen LogP contribution is 2.31. The lowest BCUT2D eigenvalue weighted by Crippen LogP contribution is -2.28. The zero-order chi connectivity index (χ0) is 22.8. The lowest BCUT2D eigenvalue weighted by molar-refractivity contribution is -0.155. The first-order valence-electron chi connectivity index (χ1n) is 11.1. The van der Waals surface area contributed by atoms with Crippen molar-refractivity contribution < 1.29 is 29.0 Å². The van der Waals surface area contributed by atoms with Crippen LogP contribution in [0.3, 0.4) is 0 Å². The molecular formula is C22H35N3O6. The molecule has 0 radical (unpaired) electrons. The maximum atomic E-state index is 11.6. The van der Waals surface area contributed by atoms with Crippen LogP contribution in [0.2, 0.25) is 0 Å². The number of carboxylic acid groups (broad SMARTS) is 1. The van der Waals surface area contributed by atoms with Gasteiger partial charge in [-0.05, 0) is 44.4 Å². The number of ether oxygens (including phenoxy) is 2. The molecule has 1 aromatic rings. The average Bonchev–Trinajstić information content (AvgIpc) is 3.19. The molecular weight excluding hydrogens is 402 g/mol. The van der Waals surface area contributed by atoms with Crippen LogP contribution in [0.4, 0.5) is 4.79 Å². The molecule has 0 bridgehead atoms. The highest BCUT2D eigenvalue weighted by molar-refractivity contribution is 5.72. The summed E-state index contributed by atoms with van der Waals surface area (Å²) in [5.41, 5.74) is 0.783. The average molecular weight is 438 g/mol. The Hall–Kier alpha value is -2.58. The van der Waals surface area contributed by atoms with E-state index in [1.54, 1.807) is 13.8 Å². The summed E-state index contributed by atoms with van der Waals surface area (Å²) in [6.45, 7) is 5.48. The molecule has 1 fully saturated rings. The predicted octanol–water partition coefficient (Wildman–Crippen LogP) is 3.54. The molecule has 0 saturated heterocycles. The summed E-state index contributed by atoms with van der Waals surface area (Å²) >= 11 is 0. The number of imidazole rings is 1. The molecule has 1 heterocycles. The van der Waals surface area contributed by atoms with Gasteiger partial charge >= 0.3 is 18.0 Å². The molecule has 1 atom stereocenters. The number of hydrogen-bond acceptors (Lipinski definition) is 6. The van der Waals surface area contributed by atoms with Gasteiger partial charge in [-0.15, -0.1) is 0 Å². The fourth-order valence-corrected chi connectivity index (χ4v) is 3.69. The Balaban J connectivity index is 1.69. The number of carboxylic acids is 1. The Kier molecular flexibility index (Phi) is 9.81. The minimum absolute atomic E-state index is 0.273. The maximum absolute atomic E-state index is 11.6. The molecule has 9 nitrogen and oxygen atoms in total. The summed E-state index contributed by atoms with van der Waals surface area (Å²) in [7, 11) is 0. The Morgan fingerprint density at radius 3 is 2.58 bits per heavy atom. The quantitative estimate of drug-likeness (QED) is 0.309. The number of hydrogen-bond donors (Lipinski definition) is 2. The van der Waals surface area contributed by atoms with E-state index in [1.165, 1.54) is 12.8 Å². The second-order valence-electron chi connectivity index (χ2n) is 8.70. The van der Waals surface area contributed by atoms with Crippen LogP contribution in [0.5, 0.6) is 0 Å². The van der Waals surface area contributed by atoms with Gasteiger partial charge < -0.3 is 24.5 Å². The van der Waals surface area contributed by atoms with Crippen LogP contribution < -0.4 is 5.32 Å². The second-order valence-corrected chi connectivity index (χ2v) is 8.70. The molecule has 1 aliphatic rings. The zero-order valence-electron chi connectivity index (χ0n) is 18.7. The number of carbonyl (C=O) groups is 3. The SMILES string of the molecule is CC(C)C(=O)OCOC(=O)NCCCC(Cc1cn([C@H]2CC[C@H](C)CC2)cn1)C(=O)O. The number of nitrogens with one attached hydrogen (secondary N) is 1. The molecule has 0 aliphatic heterocycles. The van der Waals surface area contributed by atoms with Crippen LogP contribution >= 0.6 is 0 Å². The minimum Gasteiger partial charge on any atom is -0.481 e. The van der Waals surface area contributed by atoms with E-state index in [0.29, 0.717) is 25.3 Å². The van der Waals surface area contributed by atoms with Gasteiger partial charge in [-0.1, -0.05) is 20.8 Å². The summed E-state index contributed by atoms with van der Waals surface area (Å²) in [6, 6.07) is 0.454. The number of rotatable bonds is 11. The van der Waals surface area contributed by atoms with Gasteiger partial charge in [0.25, 0.3) is 0 Å². The summed E-state index contributed by atoms with van der Waals surface area (Å²) < 4.78 is 11.6. The molecule has 2 N–H and O–H groups in total. The van der Waals surface area contributed by atoms with Crippen molar-refractivity contribution >= 4 is 18.0 Å². The first-order valence-corrected chi connectivity index (χ1v) is 11.1. The van der Waals surface area contributed by atoms with E-state index in [2.05, 4.69) is 21.8 Å². The van der Waals surface area contributed by atoms with E-state index in [1.807, 2.05) is 12.5 Å². The predicted molar refractivity (Wildman–Crippen MR) is 113 cm³/mol. The third-order valence-electron chi connectivity index (χ3n) is 5.73. The molecule has 1 aromatic heterocycles. The van der Waals surface area contributed by atoms with Gasteiger partial charge in [-0.25, -0.2) is 9.78 Å². The summed E-state index contributed by atoms with van der Waals surface area (Å²) in [6.07, 6.45) is 9.05. The third kappa shape index (κ3) is 8.59. The van der Waals surface area contributed by atoms with Gasteiger partial charge in [0.1, 0.15) is 0 Å². The Morgan fingerprint density at radius 1 is 1.23 bits per heavy atom. The van der Waals surface area contributed by atoms with E-state index in [9.17, 15) is 19.5 Å². The molecule has 0 spiro atoms. The van der Waals surface area contributed by atoms with Crippen molar-refractivity contribution in [3.05, 3.63) is 18.2 Å². The number of amides is 1. The van der Waals surface area contributed by atoms with Crippen LogP contribution in [0, 0.1) is 17.8 Å². The Bertz CT molecular complexity index is 725. The third-order valence-corrected chi connectivity index (χ3v) is 5.73. The fourth-order valence-electron chi connectivity index (χ4n) is 3.69. The number of alkyl carbamates (subject to hydrolysis) is 1. The Morgan fingerprint density at radius 2 is 1.94 bits per heavy atom. The van der Waals surface area contributed by atoms with Crippen molar-refractivity contribution in [3.8, 4) is 0 Å². The van der Waals surface area contributed by atoms with Crippen molar-refractivity contribution in [2.45, 2.75) is 71.8 Å². The number of esters is 1. The molecule has 1 amide bonds. The molecule has 31 heavy (non-hydrogen) atoms. The topological polar surface area (TPSA) is 120 Å². The molecule has 0 aromatic carbocycles. The van der Waals surface area contributed by atoms with Gasteiger partial charge in [0.15, 0.2) is 0 Å². The van der Waals surface area contributed by atoms with Crippen LogP contribution in [-0.2, 0) is 25.5 Å². The highest BCUT2D eigenvalue weighted by Gasteiger charge is 2.22. The summed E-state index contributed by atoms with van der Waals surface area (Å²) in [5, 5.41) is 12.1. The number of nitrogens with zero attached hydrogens (tertiary/aromatic N) is 2. The molecule has 1 aliphatic carbocycles. The van der Waals surface area contributed by atoms with Crippen molar-refractivity contribution in [3.63, 3.8) is 0 Å². The number of carbonyl (C=O) groups excluding carboxylic acids is 2. The van der Waals surface area contributed by atoms with Crippen molar-refractivity contribution in [2.75, 3.05) is 13.3 Å². The van der Waals surface area contributed by atoms with E-state index in [4.69, 9.17) is 9.47 Å². The van der Waals surface area contributed by atoms with Crippen LogP contribution in [0.25, 0.3) is 0 Å². The van der Waals surface area contributed by atoms with Crippen LogP contribution in [-0.4, -0.2) is 46.0 Å². The molecule has 9 heteroatoms. The first-order chi connectivity index (χ1) is 14.8. The van der Waals surface area contributed by atoms with E-state index < -0.39 is 30.7 Å². The molecule has 1 unspecified atom stereocenters. The molecule has 1 saturated carbocycles. The van der Waals surface area contributed by atoms with Crippen molar-refractivity contribution in [2.24, 2.45) is 17.8 Å². The fraction of sp³-hybridized carbons (Fsp3) is 0.727. The number of aromatic nitrogens is 2. The van der Waals surface area contributed by atoms with E-state index >= 15 is 0 Å². The monoisotopic (exact) mass is 437 g/mol. The standard InChI is InChI=1S/C22H35N3O6/c1-15(2)21(28)30-14-31-22(29)23-10-4-5-17(20(26)27)11-18-12-25(13-24-18)19-8-6-16(3)7-9-19/h12-13,15-17,19H,4-11,14H2,1-3H3,(H,23,29)(H,26,27)/t16-,17?,19-. The van der Waals surface area contributed by atoms with Gasteiger partial charge in [0.05, 0.1) is 23.9 Å². The van der Waals surface area contributed by atoms with Crippen LogP contribution in [0.1, 0.15) is 71.0 Å². The normalized spacial score (nSPS) is 19.6. The van der Waals surface area contributed by atoms with Gasteiger partial charge in [0.2, 0.25) is 6.79 Å². The van der Waals surface area contributed by atoms with Crippen molar-refractivity contribution in [1.82, 2.24) is 14.9 Å². The molecule has 174 valence electrons. The minimum atomic E-state index is -0.871. The van der Waals surface area contributed by atoms with Crippen molar-refractivity contribution in [1.29, 1.82) is 0 Å². The summed E-state index contributed by atoms with van der Waals surface area (Å²) in [4.78, 5) is 38.9. The number of aliphatic carboxylic acids is 1. The lowest BCUT2D eigenvalue weighted by Gasteiger charge is -2.26. The molecule has 2 rings (SSSR count). The largest absolute Gasteiger partial charge is 0.481 e. The van der Waals surface area contributed by atoms with Gasteiger partial charge in [-0.2, -0.15) is 0 Å². The maximum Gasteiger partial charge on any atom is 0.410 e. The lowest BCUT2D eigenvalue weighted by atomic mass is 9.87. The smallest absolute Gasteiger partial charge is 0.410 e. The highest BCUT2D eigenvalue weighted by atomic mass is 16.7. The van der Waals surface area contributed by atoms with E-state index in [-0.39, 0.29) is 12.5 Å². The zero-order valence-corrected chi connectivity index (χ0v) is 18.7. The van der Waals surface area contributed by atoms with Gasteiger partial charge in [0, 0.05) is 25.2 Å². The van der Waals surface area contributed by atoms with Crippen LogP contribution in [0.15, 0.2) is 12.5 Å². The summed E-state index contributed by atoms with van der Waals surface area (Å²) in [5.74, 6) is -1.41. The first kappa shape index (κ1) is 24.7. The second kappa shape index (κ2) is 12.3.